The molecule has 1 atom stereocenters. The second kappa shape index (κ2) is 8.46. The van der Waals surface area contributed by atoms with Crippen LogP contribution in [0.25, 0.3) is 0 Å². The number of fused-ring (bicyclic) bond motifs is 1. The first-order valence-corrected chi connectivity index (χ1v) is 10.4. The summed E-state index contributed by atoms with van der Waals surface area (Å²) in [5.74, 6) is -1.37. The van der Waals surface area contributed by atoms with Crippen molar-refractivity contribution in [3.8, 4) is 0 Å². The van der Waals surface area contributed by atoms with E-state index in [1.807, 2.05) is 11.0 Å². The monoisotopic (exact) mass is 427 g/mol. The van der Waals surface area contributed by atoms with Crippen LogP contribution in [0, 0.1) is 0 Å². The molecule has 1 unspecified atom stereocenters. The second-order valence-electron chi connectivity index (χ2n) is 8.19. The fraction of sp³-hybridized carbons (Fsp3) is 0.476. The Balaban J connectivity index is 1.37. The van der Waals surface area contributed by atoms with Gasteiger partial charge in [0.25, 0.3) is 5.91 Å². The third-order valence-corrected chi connectivity index (χ3v) is 6.05. The molecule has 0 bridgehead atoms. The van der Waals surface area contributed by atoms with Crippen molar-refractivity contribution < 1.29 is 24.0 Å². The zero-order valence-electron chi connectivity index (χ0n) is 17.1. The normalized spacial score (nSPS) is 21.8. The van der Waals surface area contributed by atoms with Crippen LogP contribution in [-0.2, 0) is 32.1 Å². The van der Waals surface area contributed by atoms with Crippen molar-refractivity contribution in [3.63, 3.8) is 0 Å². The molecule has 3 N–H and O–H groups in total. The van der Waals surface area contributed by atoms with Gasteiger partial charge < -0.3 is 15.5 Å². The van der Waals surface area contributed by atoms with Gasteiger partial charge in [-0.25, -0.2) is 0 Å². The number of hydrogen-bond donors (Lipinski definition) is 2. The molecule has 10 nitrogen and oxygen atoms in total. The van der Waals surface area contributed by atoms with Crippen molar-refractivity contribution in [3.05, 3.63) is 34.9 Å². The van der Waals surface area contributed by atoms with E-state index >= 15 is 0 Å². The molecular weight excluding hydrogens is 402 g/mol. The first-order chi connectivity index (χ1) is 14.8. The molecule has 3 aliphatic rings. The van der Waals surface area contributed by atoms with Crippen molar-refractivity contribution in [1.82, 2.24) is 20.0 Å². The minimum atomic E-state index is -0.653. The Labute approximate surface area is 179 Å². The highest BCUT2D eigenvalue weighted by atomic mass is 16.2. The SMILES string of the molecule is NC(=O)CN1CCN(C(=O)Cc2ccc3c(c2)CN(C2CCC(=O)NC2=O)C3=O)CC1. The molecule has 1 aromatic carbocycles. The van der Waals surface area contributed by atoms with Gasteiger partial charge in [-0.3, -0.25) is 34.2 Å². The molecular formula is C21H25N5O5. The summed E-state index contributed by atoms with van der Waals surface area (Å²) < 4.78 is 0. The molecule has 31 heavy (non-hydrogen) atoms. The van der Waals surface area contributed by atoms with E-state index in [2.05, 4.69) is 5.32 Å². The maximum atomic E-state index is 12.8. The number of imide groups is 1. The molecule has 0 radical (unpaired) electrons. The van der Waals surface area contributed by atoms with Gasteiger partial charge in [-0.15, -0.1) is 0 Å². The van der Waals surface area contributed by atoms with E-state index in [-0.39, 0.29) is 49.6 Å². The lowest BCUT2D eigenvalue weighted by Crippen LogP contribution is -2.52. The van der Waals surface area contributed by atoms with Crippen molar-refractivity contribution in [2.75, 3.05) is 32.7 Å². The minimum Gasteiger partial charge on any atom is -0.369 e. The molecule has 0 spiro atoms. The van der Waals surface area contributed by atoms with Crippen LogP contribution in [0.4, 0.5) is 0 Å². The van der Waals surface area contributed by atoms with Crippen molar-refractivity contribution in [2.45, 2.75) is 31.8 Å². The number of nitrogens with one attached hydrogen (secondary N) is 1. The van der Waals surface area contributed by atoms with E-state index in [1.54, 1.807) is 17.0 Å². The quantitative estimate of drug-likeness (QED) is 0.557. The van der Waals surface area contributed by atoms with Crippen LogP contribution in [0.3, 0.4) is 0 Å². The van der Waals surface area contributed by atoms with Gasteiger partial charge in [-0.05, 0) is 23.6 Å². The molecule has 0 saturated carbocycles. The van der Waals surface area contributed by atoms with E-state index in [9.17, 15) is 24.0 Å². The van der Waals surface area contributed by atoms with Gasteiger partial charge >= 0.3 is 0 Å². The van der Waals surface area contributed by atoms with Gasteiger partial charge in [-0.1, -0.05) is 12.1 Å². The summed E-state index contributed by atoms with van der Waals surface area (Å²) in [6, 6.07) is 4.67. The molecule has 0 aliphatic carbocycles. The molecule has 164 valence electrons. The van der Waals surface area contributed by atoms with Gasteiger partial charge in [0.15, 0.2) is 0 Å². The van der Waals surface area contributed by atoms with Crippen LogP contribution >= 0.6 is 0 Å². The van der Waals surface area contributed by atoms with E-state index in [0.29, 0.717) is 38.2 Å². The van der Waals surface area contributed by atoms with E-state index in [0.717, 1.165) is 11.1 Å². The predicted octanol–water partition coefficient (Wildman–Crippen LogP) is -1.38. The summed E-state index contributed by atoms with van der Waals surface area (Å²) in [6.07, 6.45) is 0.746. The average molecular weight is 427 g/mol. The van der Waals surface area contributed by atoms with Gasteiger partial charge in [-0.2, -0.15) is 0 Å². The molecule has 10 heteroatoms. The zero-order chi connectivity index (χ0) is 22.1. The Morgan fingerprint density at radius 2 is 1.84 bits per heavy atom. The number of carbonyl (C=O) groups is 5. The van der Waals surface area contributed by atoms with E-state index in [1.165, 1.54) is 4.90 Å². The molecule has 3 aliphatic heterocycles. The Morgan fingerprint density at radius 1 is 1.10 bits per heavy atom. The molecule has 2 fully saturated rings. The highest BCUT2D eigenvalue weighted by Gasteiger charge is 2.39. The van der Waals surface area contributed by atoms with E-state index in [4.69, 9.17) is 5.73 Å². The van der Waals surface area contributed by atoms with Crippen LogP contribution in [0.15, 0.2) is 18.2 Å². The lowest BCUT2D eigenvalue weighted by Gasteiger charge is -2.34. The number of nitrogens with zero attached hydrogens (tertiary/aromatic N) is 3. The summed E-state index contributed by atoms with van der Waals surface area (Å²) >= 11 is 0. The summed E-state index contributed by atoms with van der Waals surface area (Å²) in [7, 11) is 0. The molecule has 5 amide bonds. The number of piperazine rings is 1. The van der Waals surface area contributed by atoms with E-state index < -0.39 is 11.9 Å². The third-order valence-electron chi connectivity index (χ3n) is 6.05. The smallest absolute Gasteiger partial charge is 0.255 e. The molecule has 2 saturated heterocycles. The average Bonchev–Trinajstić information content (AvgIpc) is 3.04. The fourth-order valence-electron chi connectivity index (χ4n) is 4.40. The third kappa shape index (κ3) is 4.43. The minimum absolute atomic E-state index is 0.00924. The van der Waals surface area contributed by atoms with Gasteiger partial charge in [0.1, 0.15) is 6.04 Å². The Bertz CT molecular complexity index is 953. The van der Waals surface area contributed by atoms with Crippen LogP contribution in [0.2, 0.25) is 0 Å². The van der Waals surface area contributed by atoms with Crippen LogP contribution in [0.1, 0.15) is 34.3 Å². The number of amides is 5. The van der Waals surface area contributed by atoms with Crippen molar-refractivity contribution in [1.29, 1.82) is 0 Å². The van der Waals surface area contributed by atoms with Crippen molar-refractivity contribution in [2.24, 2.45) is 5.73 Å². The van der Waals surface area contributed by atoms with Crippen LogP contribution in [0.5, 0.6) is 0 Å². The maximum Gasteiger partial charge on any atom is 0.255 e. The number of rotatable bonds is 5. The largest absolute Gasteiger partial charge is 0.369 e. The number of primary amides is 1. The second-order valence-corrected chi connectivity index (χ2v) is 8.19. The molecule has 4 rings (SSSR count). The number of hydrogen-bond acceptors (Lipinski definition) is 6. The molecule has 1 aromatic rings. The van der Waals surface area contributed by atoms with Gasteiger partial charge in [0.05, 0.1) is 13.0 Å². The standard InChI is InChI=1S/C21H25N5O5/c22-17(27)12-24-5-7-25(8-6-24)19(29)10-13-1-2-15-14(9-13)11-26(21(15)31)16-3-4-18(28)23-20(16)30/h1-2,9,16H,3-8,10-12H2,(H2,22,27)(H,23,28,30). The lowest BCUT2D eigenvalue weighted by molar-refractivity contribution is -0.137. The summed E-state index contributed by atoms with van der Waals surface area (Å²) in [5.41, 5.74) is 7.34. The van der Waals surface area contributed by atoms with Crippen LogP contribution < -0.4 is 11.1 Å². The number of carbonyl (C=O) groups excluding carboxylic acids is 5. The topological polar surface area (TPSA) is 133 Å². The number of piperidine rings is 1. The highest BCUT2D eigenvalue weighted by Crippen LogP contribution is 2.28. The maximum absolute atomic E-state index is 12.8. The predicted molar refractivity (Wildman–Crippen MR) is 108 cm³/mol. The first-order valence-electron chi connectivity index (χ1n) is 10.4. The number of benzene rings is 1. The Morgan fingerprint density at radius 3 is 2.52 bits per heavy atom. The number of nitrogens with two attached hydrogens (primary N) is 1. The van der Waals surface area contributed by atoms with Crippen molar-refractivity contribution >= 4 is 29.5 Å². The lowest BCUT2D eigenvalue weighted by atomic mass is 10.0. The molecule has 3 heterocycles. The Kier molecular flexibility index (Phi) is 5.73. The summed E-state index contributed by atoms with van der Waals surface area (Å²) in [5, 5.41) is 2.29. The van der Waals surface area contributed by atoms with Gasteiger partial charge in [0, 0.05) is 44.7 Å². The van der Waals surface area contributed by atoms with Crippen LogP contribution in [-0.4, -0.2) is 83.0 Å². The fourth-order valence-corrected chi connectivity index (χ4v) is 4.40. The zero-order valence-corrected chi connectivity index (χ0v) is 17.1. The highest BCUT2D eigenvalue weighted by molar-refractivity contribution is 6.05. The summed E-state index contributed by atoms with van der Waals surface area (Å²) in [6.45, 7) is 2.78. The molecule has 0 aromatic heterocycles. The van der Waals surface area contributed by atoms with Gasteiger partial charge in [0.2, 0.25) is 23.6 Å². The summed E-state index contributed by atoms with van der Waals surface area (Å²) in [4.78, 5) is 65.2. The Hall–Kier alpha value is -3.27. The first kappa shape index (κ1) is 21.0.